The predicted molar refractivity (Wildman–Crippen MR) is 99.0 cm³/mol. The van der Waals surface area contributed by atoms with Crippen LogP contribution in [0.15, 0.2) is 64.8 Å². The van der Waals surface area contributed by atoms with Gasteiger partial charge in [0.2, 0.25) is 5.82 Å². The molecular weight excluding hydrogens is 383 g/mol. The van der Waals surface area contributed by atoms with Crippen molar-refractivity contribution in [3.05, 3.63) is 75.0 Å². The number of rotatable bonds is 5. The molecule has 1 N–H and O–H groups in total. The van der Waals surface area contributed by atoms with Gasteiger partial charge in [-0.1, -0.05) is 47.1 Å². The fourth-order valence-corrected chi connectivity index (χ4v) is 3.17. The van der Waals surface area contributed by atoms with Crippen LogP contribution in [0.4, 0.5) is 17.2 Å². The van der Waals surface area contributed by atoms with Crippen molar-refractivity contribution in [1.82, 2.24) is 9.97 Å². The van der Waals surface area contributed by atoms with E-state index in [4.69, 9.17) is 23.2 Å². The van der Waals surface area contributed by atoms with E-state index in [-0.39, 0.29) is 16.5 Å². The molecule has 0 atom stereocenters. The van der Waals surface area contributed by atoms with Crippen LogP contribution >= 0.6 is 35.0 Å². The molecular formula is C16H10Cl2N4O2S. The molecule has 0 fully saturated rings. The number of hydrogen-bond acceptors (Lipinski definition) is 6. The van der Waals surface area contributed by atoms with Gasteiger partial charge in [0, 0.05) is 9.92 Å². The number of nitrogens with zero attached hydrogens (tertiary/aromatic N) is 3. The Morgan fingerprint density at radius 3 is 2.44 bits per heavy atom. The zero-order chi connectivity index (χ0) is 17.8. The second-order valence-electron chi connectivity index (χ2n) is 4.79. The van der Waals surface area contributed by atoms with Crippen molar-refractivity contribution >= 4 is 52.2 Å². The first-order valence-corrected chi connectivity index (χ1v) is 8.56. The molecule has 1 heterocycles. The maximum absolute atomic E-state index is 11.6. The lowest BCUT2D eigenvalue weighted by molar-refractivity contribution is -0.387. The van der Waals surface area contributed by atoms with Crippen LogP contribution in [0.5, 0.6) is 0 Å². The van der Waals surface area contributed by atoms with E-state index in [0.717, 1.165) is 16.7 Å². The molecule has 0 amide bonds. The number of aromatic nitrogens is 2. The summed E-state index contributed by atoms with van der Waals surface area (Å²) in [6.07, 6.45) is 1.27. The highest BCUT2D eigenvalue weighted by molar-refractivity contribution is 7.99. The summed E-state index contributed by atoms with van der Waals surface area (Å²) in [5.41, 5.74) is 0.302. The lowest BCUT2D eigenvalue weighted by atomic mass is 10.3. The van der Waals surface area contributed by atoms with Gasteiger partial charge in [-0.05, 0) is 36.4 Å². The van der Waals surface area contributed by atoms with Gasteiger partial charge in [-0.3, -0.25) is 10.1 Å². The Morgan fingerprint density at radius 1 is 1.04 bits per heavy atom. The molecule has 6 nitrogen and oxygen atoms in total. The molecule has 25 heavy (non-hydrogen) atoms. The Balaban J connectivity index is 1.98. The third kappa shape index (κ3) is 4.19. The van der Waals surface area contributed by atoms with Gasteiger partial charge in [-0.2, -0.15) is 0 Å². The van der Waals surface area contributed by atoms with E-state index >= 15 is 0 Å². The van der Waals surface area contributed by atoms with E-state index in [1.54, 1.807) is 48.5 Å². The van der Waals surface area contributed by atoms with Crippen molar-refractivity contribution in [3.8, 4) is 0 Å². The maximum Gasteiger partial charge on any atom is 0.343 e. The third-order valence-corrected chi connectivity index (χ3v) is 4.71. The molecule has 0 bridgehead atoms. The molecule has 0 aliphatic heterocycles. The molecule has 0 aliphatic rings. The van der Waals surface area contributed by atoms with Crippen molar-refractivity contribution in [1.29, 1.82) is 0 Å². The van der Waals surface area contributed by atoms with E-state index < -0.39 is 4.92 Å². The number of nitrogens with one attached hydrogen (secondary N) is 1. The average Bonchev–Trinajstić information content (AvgIpc) is 2.59. The maximum atomic E-state index is 11.6. The fourth-order valence-electron chi connectivity index (χ4n) is 2.00. The molecule has 0 saturated carbocycles. The summed E-state index contributed by atoms with van der Waals surface area (Å²) in [4.78, 5) is 19.9. The van der Waals surface area contributed by atoms with Crippen LogP contribution in [0.1, 0.15) is 0 Å². The first-order valence-electron chi connectivity index (χ1n) is 6.99. The first-order chi connectivity index (χ1) is 12.0. The summed E-state index contributed by atoms with van der Waals surface area (Å²) in [6, 6.07) is 13.9. The van der Waals surface area contributed by atoms with Crippen LogP contribution in [0.3, 0.4) is 0 Å². The molecule has 1 aromatic heterocycles. The van der Waals surface area contributed by atoms with E-state index in [2.05, 4.69) is 15.3 Å². The highest BCUT2D eigenvalue weighted by Crippen LogP contribution is 2.38. The number of para-hydroxylation sites is 1. The van der Waals surface area contributed by atoms with Gasteiger partial charge in [0.25, 0.3) is 0 Å². The van der Waals surface area contributed by atoms with E-state index in [0.29, 0.717) is 15.7 Å². The van der Waals surface area contributed by atoms with Gasteiger partial charge in [0.15, 0.2) is 5.03 Å². The van der Waals surface area contributed by atoms with Crippen LogP contribution in [-0.4, -0.2) is 14.9 Å². The third-order valence-electron chi connectivity index (χ3n) is 3.13. The van der Waals surface area contributed by atoms with Gasteiger partial charge >= 0.3 is 5.69 Å². The highest BCUT2D eigenvalue weighted by atomic mass is 35.5. The number of halogens is 2. The fraction of sp³-hybridized carbons (Fsp3) is 0. The lowest BCUT2D eigenvalue weighted by Gasteiger charge is -2.09. The summed E-state index contributed by atoms with van der Waals surface area (Å²) in [5.74, 6) is 0.0737. The minimum Gasteiger partial charge on any atom is -0.333 e. The van der Waals surface area contributed by atoms with Crippen molar-refractivity contribution in [2.45, 2.75) is 9.92 Å². The number of benzene rings is 2. The van der Waals surface area contributed by atoms with Crippen molar-refractivity contribution in [2.24, 2.45) is 0 Å². The number of anilines is 2. The molecule has 0 unspecified atom stereocenters. The number of hydrogen-bond donors (Lipinski definition) is 1. The zero-order valence-corrected chi connectivity index (χ0v) is 14.8. The van der Waals surface area contributed by atoms with Gasteiger partial charge in [0.05, 0.1) is 15.6 Å². The summed E-state index contributed by atoms with van der Waals surface area (Å²) < 4.78 is 0. The summed E-state index contributed by atoms with van der Waals surface area (Å²) in [6.45, 7) is 0. The molecule has 9 heteroatoms. The molecule has 0 aliphatic carbocycles. The van der Waals surface area contributed by atoms with Gasteiger partial charge in [0.1, 0.15) is 6.33 Å². The predicted octanol–water partition coefficient (Wildman–Crippen LogP) is 5.59. The van der Waals surface area contributed by atoms with E-state index in [9.17, 15) is 10.1 Å². The Labute approximate surface area is 157 Å². The van der Waals surface area contributed by atoms with Crippen molar-refractivity contribution in [2.75, 3.05) is 5.32 Å². The van der Waals surface area contributed by atoms with Gasteiger partial charge in [-0.15, -0.1) is 0 Å². The molecule has 0 saturated heterocycles. The van der Waals surface area contributed by atoms with Crippen LogP contribution in [0.25, 0.3) is 0 Å². The molecule has 3 aromatic rings. The van der Waals surface area contributed by atoms with Crippen LogP contribution in [-0.2, 0) is 0 Å². The molecule has 126 valence electrons. The zero-order valence-electron chi connectivity index (χ0n) is 12.5. The minimum atomic E-state index is -0.516. The smallest absolute Gasteiger partial charge is 0.333 e. The quantitative estimate of drug-likeness (QED) is 0.346. The first kappa shape index (κ1) is 17.5. The van der Waals surface area contributed by atoms with Crippen molar-refractivity contribution < 1.29 is 4.92 Å². The Hall–Kier alpha value is -2.35. The van der Waals surface area contributed by atoms with Crippen LogP contribution in [0.2, 0.25) is 10.0 Å². The molecule has 0 radical (unpaired) electrons. The highest BCUT2D eigenvalue weighted by Gasteiger charge is 2.24. The second kappa shape index (κ2) is 7.69. The SMILES string of the molecule is O=[N+]([O-])c1c(Nc2ccccc2Cl)ncnc1Sc1ccc(Cl)cc1. The normalized spacial score (nSPS) is 10.5. The van der Waals surface area contributed by atoms with Gasteiger partial charge < -0.3 is 5.32 Å². The van der Waals surface area contributed by atoms with Crippen LogP contribution < -0.4 is 5.32 Å². The largest absolute Gasteiger partial charge is 0.343 e. The van der Waals surface area contributed by atoms with E-state index in [1.165, 1.54) is 6.33 Å². The second-order valence-corrected chi connectivity index (χ2v) is 6.70. The Morgan fingerprint density at radius 2 is 1.76 bits per heavy atom. The summed E-state index contributed by atoms with van der Waals surface area (Å²) >= 11 is 13.1. The standard InChI is InChI=1S/C16H10Cl2N4O2S/c17-10-5-7-11(8-6-10)25-16-14(22(23)24)15(19-9-20-16)21-13-4-2-1-3-12(13)18/h1-9H,(H,19,20,21). The molecule has 3 rings (SSSR count). The van der Waals surface area contributed by atoms with E-state index in [1.807, 2.05) is 0 Å². The summed E-state index contributed by atoms with van der Waals surface area (Å²) in [7, 11) is 0. The monoisotopic (exact) mass is 392 g/mol. The van der Waals surface area contributed by atoms with Crippen LogP contribution in [0, 0.1) is 10.1 Å². The van der Waals surface area contributed by atoms with Crippen molar-refractivity contribution in [3.63, 3.8) is 0 Å². The molecule has 2 aromatic carbocycles. The lowest BCUT2D eigenvalue weighted by Crippen LogP contribution is -2.03. The molecule has 0 spiro atoms. The van der Waals surface area contributed by atoms with Gasteiger partial charge in [-0.25, -0.2) is 9.97 Å². The number of nitro groups is 1. The average molecular weight is 393 g/mol. The Kier molecular flexibility index (Phi) is 5.37. The summed E-state index contributed by atoms with van der Waals surface area (Å²) in [5, 5.41) is 15.7. The topological polar surface area (TPSA) is 81.0 Å². The minimum absolute atomic E-state index is 0.0737. The Bertz CT molecular complexity index is 922.